The Bertz CT molecular complexity index is 234. The van der Waals surface area contributed by atoms with Crippen LogP contribution in [0.4, 0.5) is 0 Å². The molecule has 16 heavy (non-hydrogen) atoms. The minimum Gasteiger partial charge on any atom is -0.377 e. The summed E-state index contributed by atoms with van der Waals surface area (Å²) < 4.78 is 5.73. The second kappa shape index (κ2) is 5.03. The van der Waals surface area contributed by atoms with Gasteiger partial charge in [0.1, 0.15) is 0 Å². The highest BCUT2D eigenvalue weighted by molar-refractivity contribution is 4.98. The maximum atomic E-state index is 6.08. The standard InChI is InChI=1S/C13H26N2O/c1-11-4-5-13(8-11,10-14)15-6-3-7-16-12(2)9-15/h11-12H,3-10,14H2,1-2H3. The van der Waals surface area contributed by atoms with Crippen LogP contribution in [0.1, 0.15) is 39.5 Å². The predicted octanol–water partition coefficient (Wildman–Crippen LogP) is 1.61. The first-order valence-electron chi connectivity index (χ1n) is 6.73. The minimum atomic E-state index is 0.279. The number of nitrogens with zero attached hydrogens (tertiary/aromatic N) is 1. The highest BCUT2D eigenvalue weighted by Crippen LogP contribution is 2.38. The Labute approximate surface area is 99.3 Å². The molecule has 2 N–H and O–H groups in total. The number of hydrogen-bond acceptors (Lipinski definition) is 3. The number of ether oxygens (including phenoxy) is 1. The molecule has 3 atom stereocenters. The van der Waals surface area contributed by atoms with Crippen LogP contribution in [0.5, 0.6) is 0 Å². The molecule has 0 amide bonds. The molecule has 3 heteroatoms. The SMILES string of the molecule is CC1CCC(CN)(N2CCCOC(C)C2)C1. The zero-order chi connectivity index (χ0) is 11.6. The van der Waals surface area contributed by atoms with Gasteiger partial charge < -0.3 is 10.5 Å². The highest BCUT2D eigenvalue weighted by Gasteiger charge is 2.41. The lowest BCUT2D eigenvalue weighted by Gasteiger charge is -2.41. The second-order valence-corrected chi connectivity index (χ2v) is 5.76. The van der Waals surface area contributed by atoms with Crippen molar-refractivity contribution in [2.75, 3.05) is 26.2 Å². The van der Waals surface area contributed by atoms with Gasteiger partial charge in [-0.25, -0.2) is 0 Å². The molecule has 0 aromatic rings. The lowest BCUT2D eigenvalue weighted by Crippen LogP contribution is -2.54. The van der Waals surface area contributed by atoms with E-state index in [-0.39, 0.29) is 5.54 Å². The number of nitrogens with two attached hydrogens (primary N) is 1. The van der Waals surface area contributed by atoms with Gasteiger partial charge in [0, 0.05) is 31.8 Å². The molecule has 94 valence electrons. The highest BCUT2D eigenvalue weighted by atomic mass is 16.5. The van der Waals surface area contributed by atoms with Gasteiger partial charge >= 0.3 is 0 Å². The minimum absolute atomic E-state index is 0.279. The Morgan fingerprint density at radius 2 is 2.25 bits per heavy atom. The molecule has 0 bridgehead atoms. The van der Waals surface area contributed by atoms with Crippen molar-refractivity contribution in [2.45, 2.75) is 51.2 Å². The Kier molecular flexibility index (Phi) is 3.88. The lowest BCUT2D eigenvalue weighted by atomic mass is 9.93. The monoisotopic (exact) mass is 226 g/mol. The molecule has 1 saturated heterocycles. The van der Waals surface area contributed by atoms with E-state index in [1.807, 2.05) is 0 Å². The molecule has 0 radical (unpaired) electrons. The zero-order valence-electron chi connectivity index (χ0n) is 10.7. The molecule has 3 nitrogen and oxygen atoms in total. The first-order chi connectivity index (χ1) is 7.66. The van der Waals surface area contributed by atoms with Crippen LogP contribution in [0.2, 0.25) is 0 Å². The molecular weight excluding hydrogens is 200 g/mol. The molecule has 1 heterocycles. The first-order valence-corrected chi connectivity index (χ1v) is 6.73. The van der Waals surface area contributed by atoms with E-state index < -0.39 is 0 Å². The Balaban J connectivity index is 2.07. The fourth-order valence-electron chi connectivity index (χ4n) is 3.39. The van der Waals surface area contributed by atoms with Crippen LogP contribution in [0.15, 0.2) is 0 Å². The largest absolute Gasteiger partial charge is 0.377 e. The van der Waals surface area contributed by atoms with Gasteiger partial charge in [0.25, 0.3) is 0 Å². The maximum absolute atomic E-state index is 6.08. The average Bonchev–Trinajstić information content (AvgIpc) is 2.52. The summed E-state index contributed by atoms with van der Waals surface area (Å²) in [5.74, 6) is 0.836. The van der Waals surface area contributed by atoms with Crippen molar-refractivity contribution in [3.8, 4) is 0 Å². The van der Waals surface area contributed by atoms with Crippen molar-refractivity contribution in [1.29, 1.82) is 0 Å². The van der Waals surface area contributed by atoms with E-state index in [9.17, 15) is 0 Å². The topological polar surface area (TPSA) is 38.5 Å². The molecule has 1 aliphatic carbocycles. The van der Waals surface area contributed by atoms with E-state index in [2.05, 4.69) is 18.7 Å². The van der Waals surface area contributed by atoms with Crippen LogP contribution < -0.4 is 5.73 Å². The van der Waals surface area contributed by atoms with Gasteiger partial charge in [-0.3, -0.25) is 4.90 Å². The third-order valence-electron chi connectivity index (χ3n) is 4.33. The summed E-state index contributed by atoms with van der Waals surface area (Å²) in [4.78, 5) is 2.62. The second-order valence-electron chi connectivity index (χ2n) is 5.76. The molecule has 0 aromatic heterocycles. The van der Waals surface area contributed by atoms with Crippen LogP contribution in [0.3, 0.4) is 0 Å². The number of hydrogen-bond donors (Lipinski definition) is 1. The average molecular weight is 226 g/mol. The fourth-order valence-corrected chi connectivity index (χ4v) is 3.39. The fraction of sp³-hybridized carbons (Fsp3) is 1.00. The molecule has 0 aromatic carbocycles. The van der Waals surface area contributed by atoms with Gasteiger partial charge in [-0.2, -0.15) is 0 Å². The van der Waals surface area contributed by atoms with E-state index in [1.165, 1.54) is 19.3 Å². The summed E-state index contributed by atoms with van der Waals surface area (Å²) >= 11 is 0. The van der Waals surface area contributed by atoms with E-state index >= 15 is 0 Å². The molecule has 2 aliphatic rings. The molecule has 3 unspecified atom stereocenters. The van der Waals surface area contributed by atoms with Crippen molar-refractivity contribution < 1.29 is 4.74 Å². The van der Waals surface area contributed by atoms with E-state index in [0.717, 1.165) is 38.6 Å². The quantitative estimate of drug-likeness (QED) is 0.777. The third-order valence-corrected chi connectivity index (χ3v) is 4.33. The maximum Gasteiger partial charge on any atom is 0.0674 e. The lowest BCUT2D eigenvalue weighted by molar-refractivity contribution is 0.0382. The van der Waals surface area contributed by atoms with Crippen LogP contribution in [0.25, 0.3) is 0 Å². The van der Waals surface area contributed by atoms with Gasteiger partial charge in [0.05, 0.1) is 6.10 Å². The Hall–Kier alpha value is -0.120. The van der Waals surface area contributed by atoms with Gasteiger partial charge in [-0.1, -0.05) is 6.92 Å². The first kappa shape index (κ1) is 12.3. The van der Waals surface area contributed by atoms with Crippen LogP contribution in [0, 0.1) is 5.92 Å². The third kappa shape index (κ3) is 2.41. The Morgan fingerprint density at radius 3 is 2.88 bits per heavy atom. The van der Waals surface area contributed by atoms with Crippen molar-refractivity contribution >= 4 is 0 Å². The molecule has 1 aliphatic heterocycles. The predicted molar refractivity (Wildman–Crippen MR) is 66.4 cm³/mol. The summed E-state index contributed by atoms with van der Waals surface area (Å²) in [6, 6.07) is 0. The summed E-state index contributed by atoms with van der Waals surface area (Å²) in [5.41, 5.74) is 6.35. The summed E-state index contributed by atoms with van der Waals surface area (Å²) in [5, 5.41) is 0. The summed E-state index contributed by atoms with van der Waals surface area (Å²) in [6.45, 7) is 8.48. The van der Waals surface area contributed by atoms with E-state index in [0.29, 0.717) is 6.10 Å². The van der Waals surface area contributed by atoms with Gasteiger partial charge in [-0.05, 0) is 38.5 Å². The van der Waals surface area contributed by atoms with Crippen molar-refractivity contribution in [3.05, 3.63) is 0 Å². The molecule has 2 fully saturated rings. The zero-order valence-corrected chi connectivity index (χ0v) is 10.7. The van der Waals surface area contributed by atoms with Gasteiger partial charge in [0.15, 0.2) is 0 Å². The van der Waals surface area contributed by atoms with E-state index in [4.69, 9.17) is 10.5 Å². The van der Waals surface area contributed by atoms with Gasteiger partial charge in [-0.15, -0.1) is 0 Å². The Morgan fingerprint density at radius 1 is 1.44 bits per heavy atom. The van der Waals surface area contributed by atoms with Crippen molar-refractivity contribution in [2.24, 2.45) is 11.7 Å². The molecule has 1 saturated carbocycles. The van der Waals surface area contributed by atoms with Gasteiger partial charge in [0.2, 0.25) is 0 Å². The van der Waals surface area contributed by atoms with Crippen LogP contribution in [-0.2, 0) is 4.74 Å². The smallest absolute Gasteiger partial charge is 0.0674 e. The van der Waals surface area contributed by atoms with Crippen LogP contribution >= 0.6 is 0 Å². The summed E-state index contributed by atoms with van der Waals surface area (Å²) in [7, 11) is 0. The molecule has 2 rings (SSSR count). The normalized spacial score (nSPS) is 42.2. The number of rotatable bonds is 2. The summed E-state index contributed by atoms with van der Waals surface area (Å²) in [6.07, 6.45) is 5.40. The van der Waals surface area contributed by atoms with Crippen molar-refractivity contribution in [1.82, 2.24) is 4.90 Å². The molecular formula is C13H26N2O. The van der Waals surface area contributed by atoms with E-state index in [1.54, 1.807) is 0 Å². The van der Waals surface area contributed by atoms with Crippen LogP contribution in [-0.4, -0.2) is 42.8 Å². The van der Waals surface area contributed by atoms with Crippen molar-refractivity contribution in [3.63, 3.8) is 0 Å². The molecule has 0 spiro atoms.